The van der Waals surface area contributed by atoms with Crippen LogP contribution in [-0.4, -0.2) is 48.7 Å². The third-order valence-electron chi connectivity index (χ3n) is 3.08. The average molecular weight is 298 g/mol. The minimum Gasteiger partial charge on any atom is -0.496 e. The molecule has 1 atom stereocenters. The molecule has 0 bridgehead atoms. The second-order valence-electron chi connectivity index (χ2n) is 4.33. The monoisotopic (exact) mass is 298 g/mol. The molecule has 0 aliphatic carbocycles. The maximum atomic E-state index is 13.9. The molecule has 2 N–H and O–H groups in total. The van der Waals surface area contributed by atoms with Gasteiger partial charge in [0.05, 0.1) is 20.3 Å². The van der Waals surface area contributed by atoms with E-state index >= 15 is 0 Å². The van der Waals surface area contributed by atoms with Crippen molar-refractivity contribution in [3.63, 3.8) is 0 Å². The smallest absolute Gasteiger partial charge is 0.260 e. The Morgan fingerprint density at radius 1 is 1.60 bits per heavy atom. The Balaban J connectivity index is 2.25. The van der Waals surface area contributed by atoms with Crippen molar-refractivity contribution >= 4 is 23.1 Å². The molecule has 0 saturated carbocycles. The van der Waals surface area contributed by atoms with E-state index in [1.54, 1.807) is 6.07 Å². The minimum absolute atomic E-state index is 0.0846. The molecular formula is C13H15FN2O3S. The number of hydrogen-bond acceptors (Lipinski definition) is 4. The van der Waals surface area contributed by atoms with Gasteiger partial charge in [-0.15, -0.1) is 0 Å². The predicted molar refractivity (Wildman–Crippen MR) is 75.4 cm³/mol. The van der Waals surface area contributed by atoms with Crippen LogP contribution in [0.1, 0.15) is 10.4 Å². The lowest BCUT2D eigenvalue weighted by Gasteiger charge is -2.32. The van der Waals surface area contributed by atoms with E-state index in [9.17, 15) is 9.18 Å². The summed E-state index contributed by atoms with van der Waals surface area (Å²) in [6.07, 6.45) is -0.500. The fourth-order valence-corrected chi connectivity index (χ4v) is 2.19. The van der Waals surface area contributed by atoms with Gasteiger partial charge in [-0.2, -0.15) is 0 Å². The van der Waals surface area contributed by atoms with Crippen LogP contribution >= 0.6 is 12.2 Å². The van der Waals surface area contributed by atoms with Crippen molar-refractivity contribution in [1.82, 2.24) is 4.90 Å². The van der Waals surface area contributed by atoms with Gasteiger partial charge in [-0.25, -0.2) is 4.39 Å². The minimum atomic E-state index is -0.618. The van der Waals surface area contributed by atoms with Crippen LogP contribution in [0.25, 0.3) is 0 Å². The van der Waals surface area contributed by atoms with Crippen LogP contribution in [0.2, 0.25) is 0 Å². The third kappa shape index (κ3) is 2.88. The predicted octanol–water partition coefficient (Wildman–Crippen LogP) is 0.961. The molecule has 1 aliphatic rings. The van der Waals surface area contributed by atoms with Gasteiger partial charge >= 0.3 is 0 Å². The first kappa shape index (κ1) is 14.7. The number of carbonyl (C=O) groups excluding carboxylic acids is 1. The number of benzene rings is 1. The second kappa shape index (κ2) is 6.15. The molecule has 1 fully saturated rings. The highest BCUT2D eigenvalue weighted by Gasteiger charge is 2.29. The van der Waals surface area contributed by atoms with E-state index in [2.05, 4.69) is 0 Å². The molecule has 1 aromatic carbocycles. The molecule has 7 heteroatoms. The topological polar surface area (TPSA) is 64.8 Å². The number of thiocarbonyl (C=S) groups is 1. The van der Waals surface area contributed by atoms with Crippen LogP contribution in [0, 0.1) is 5.82 Å². The van der Waals surface area contributed by atoms with Crippen molar-refractivity contribution in [2.24, 2.45) is 5.73 Å². The van der Waals surface area contributed by atoms with E-state index in [-0.39, 0.29) is 22.8 Å². The van der Waals surface area contributed by atoms with Gasteiger partial charge in [0.2, 0.25) is 0 Å². The highest BCUT2D eigenvalue weighted by molar-refractivity contribution is 7.80. The molecule has 108 valence electrons. The van der Waals surface area contributed by atoms with Gasteiger partial charge in [0.25, 0.3) is 5.91 Å². The number of rotatable bonds is 3. The van der Waals surface area contributed by atoms with Gasteiger partial charge in [-0.1, -0.05) is 18.3 Å². The molecular weight excluding hydrogens is 283 g/mol. The van der Waals surface area contributed by atoms with E-state index in [1.165, 1.54) is 24.1 Å². The first-order valence-corrected chi connectivity index (χ1v) is 6.48. The van der Waals surface area contributed by atoms with Gasteiger partial charge in [-0.05, 0) is 12.1 Å². The third-order valence-corrected chi connectivity index (χ3v) is 3.34. The molecule has 1 amide bonds. The summed E-state index contributed by atoms with van der Waals surface area (Å²) in [5.41, 5.74) is 5.44. The molecule has 0 aromatic heterocycles. The SMILES string of the molecule is COc1cccc(F)c1C(=O)N1CCOC(C(N)=S)C1. The van der Waals surface area contributed by atoms with Crippen molar-refractivity contribution in [2.45, 2.75) is 6.10 Å². The quantitative estimate of drug-likeness (QED) is 0.842. The van der Waals surface area contributed by atoms with Crippen LogP contribution in [0.5, 0.6) is 5.75 Å². The lowest BCUT2D eigenvalue weighted by Crippen LogP contribution is -2.50. The van der Waals surface area contributed by atoms with E-state index in [0.717, 1.165) is 0 Å². The summed E-state index contributed by atoms with van der Waals surface area (Å²) in [4.78, 5) is 14.1. The van der Waals surface area contributed by atoms with Gasteiger partial charge < -0.3 is 20.1 Å². The Kier molecular flexibility index (Phi) is 4.51. The fraction of sp³-hybridized carbons (Fsp3) is 0.385. The normalized spacial score (nSPS) is 18.7. The van der Waals surface area contributed by atoms with Crippen LogP contribution in [0.4, 0.5) is 4.39 Å². The van der Waals surface area contributed by atoms with Crippen molar-refractivity contribution in [3.05, 3.63) is 29.6 Å². The number of carbonyl (C=O) groups is 1. The molecule has 1 aromatic rings. The molecule has 2 rings (SSSR count). The Hall–Kier alpha value is -1.73. The lowest BCUT2D eigenvalue weighted by atomic mass is 10.1. The summed E-state index contributed by atoms with van der Waals surface area (Å²) in [7, 11) is 1.39. The van der Waals surface area contributed by atoms with Crippen LogP contribution in [0.3, 0.4) is 0 Å². The number of ether oxygens (including phenoxy) is 2. The van der Waals surface area contributed by atoms with Gasteiger partial charge in [0, 0.05) is 6.54 Å². The molecule has 1 unspecified atom stereocenters. The summed E-state index contributed by atoms with van der Waals surface area (Å²) in [5.74, 6) is -0.870. The van der Waals surface area contributed by atoms with Crippen molar-refractivity contribution in [1.29, 1.82) is 0 Å². The Morgan fingerprint density at radius 2 is 2.35 bits per heavy atom. The number of morpholine rings is 1. The molecule has 5 nitrogen and oxygen atoms in total. The highest BCUT2D eigenvalue weighted by atomic mass is 32.1. The highest BCUT2D eigenvalue weighted by Crippen LogP contribution is 2.23. The number of halogens is 1. The van der Waals surface area contributed by atoms with Crippen LogP contribution in [0.15, 0.2) is 18.2 Å². The molecule has 20 heavy (non-hydrogen) atoms. The molecule has 0 spiro atoms. The largest absolute Gasteiger partial charge is 0.496 e. The standard InChI is InChI=1S/C13H15FN2O3S/c1-18-9-4-2-3-8(14)11(9)13(17)16-5-6-19-10(7-16)12(15)20/h2-4,10H,5-7H2,1H3,(H2,15,20). The summed E-state index contributed by atoms with van der Waals surface area (Å²) in [6, 6.07) is 4.26. The fourth-order valence-electron chi connectivity index (χ4n) is 2.05. The number of nitrogens with two attached hydrogens (primary N) is 1. The number of hydrogen-bond donors (Lipinski definition) is 1. The zero-order valence-electron chi connectivity index (χ0n) is 11.0. The van der Waals surface area contributed by atoms with E-state index in [1.807, 2.05) is 0 Å². The number of nitrogens with zero attached hydrogens (tertiary/aromatic N) is 1. The maximum Gasteiger partial charge on any atom is 0.260 e. The van der Waals surface area contributed by atoms with Crippen molar-refractivity contribution in [2.75, 3.05) is 26.8 Å². The van der Waals surface area contributed by atoms with Crippen LogP contribution in [-0.2, 0) is 4.74 Å². The Bertz CT molecular complexity index is 538. The zero-order valence-corrected chi connectivity index (χ0v) is 11.8. The summed E-state index contributed by atoms with van der Waals surface area (Å²) in [5, 5.41) is 0. The molecule has 1 saturated heterocycles. The lowest BCUT2D eigenvalue weighted by molar-refractivity contribution is 0.00841. The van der Waals surface area contributed by atoms with E-state index < -0.39 is 17.8 Å². The number of methoxy groups -OCH3 is 1. The summed E-state index contributed by atoms with van der Waals surface area (Å²) < 4.78 is 24.3. The van der Waals surface area contributed by atoms with Crippen molar-refractivity contribution < 1.29 is 18.7 Å². The van der Waals surface area contributed by atoms with E-state index in [4.69, 9.17) is 27.4 Å². The zero-order chi connectivity index (χ0) is 14.7. The molecule has 1 aliphatic heterocycles. The molecule has 1 heterocycles. The summed E-state index contributed by atoms with van der Waals surface area (Å²) >= 11 is 4.86. The van der Waals surface area contributed by atoms with Crippen molar-refractivity contribution in [3.8, 4) is 5.75 Å². The Labute approximate surface area is 121 Å². The van der Waals surface area contributed by atoms with Gasteiger partial charge in [0.1, 0.15) is 28.2 Å². The second-order valence-corrected chi connectivity index (χ2v) is 4.80. The number of amides is 1. The average Bonchev–Trinajstić information content (AvgIpc) is 2.46. The maximum absolute atomic E-state index is 13.9. The Morgan fingerprint density at radius 3 is 3.00 bits per heavy atom. The molecule has 0 radical (unpaired) electrons. The van der Waals surface area contributed by atoms with E-state index in [0.29, 0.717) is 13.2 Å². The van der Waals surface area contributed by atoms with Crippen LogP contribution < -0.4 is 10.5 Å². The summed E-state index contributed by atoms with van der Waals surface area (Å²) in [6.45, 7) is 0.881. The first-order valence-electron chi connectivity index (χ1n) is 6.07. The first-order chi connectivity index (χ1) is 9.54. The van der Waals surface area contributed by atoms with Gasteiger partial charge in [0.15, 0.2) is 0 Å². The van der Waals surface area contributed by atoms with Gasteiger partial charge in [-0.3, -0.25) is 4.79 Å².